The number of guanidine groups is 1. The van der Waals surface area contributed by atoms with Crippen LogP contribution < -0.4 is 10.6 Å². The lowest BCUT2D eigenvalue weighted by Crippen LogP contribution is -2.51. The smallest absolute Gasteiger partial charge is 0.220 e. The summed E-state index contributed by atoms with van der Waals surface area (Å²) in [5.74, 6) is 1.22. The number of halogens is 1. The van der Waals surface area contributed by atoms with Crippen molar-refractivity contribution in [3.8, 4) is 0 Å². The molecule has 134 valence electrons. The van der Waals surface area contributed by atoms with E-state index in [4.69, 9.17) is 4.99 Å². The molecule has 1 spiro atoms. The second-order valence-corrected chi connectivity index (χ2v) is 8.02. The molecule has 5 nitrogen and oxygen atoms in total. The molecule has 2 N–H and O–H groups in total. The summed E-state index contributed by atoms with van der Waals surface area (Å²) in [6, 6.07) is 0. The Morgan fingerprint density at radius 2 is 2.17 bits per heavy atom. The normalized spacial score (nSPS) is 25.3. The van der Waals surface area contributed by atoms with Crippen molar-refractivity contribution < 1.29 is 4.79 Å². The lowest BCUT2D eigenvalue weighted by Gasteiger charge is -2.40. The third-order valence-corrected chi connectivity index (χ3v) is 4.62. The molecule has 0 saturated carbocycles. The fourth-order valence-electron chi connectivity index (χ4n) is 3.35. The van der Waals surface area contributed by atoms with E-state index >= 15 is 0 Å². The summed E-state index contributed by atoms with van der Waals surface area (Å²) < 4.78 is 0. The number of carbonyl (C=O) groups excluding carboxylic acids is 1. The van der Waals surface area contributed by atoms with E-state index in [2.05, 4.69) is 43.2 Å². The highest BCUT2D eigenvalue weighted by Gasteiger charge is 2.42. The molecule has 0 aromatic heterocycles. The molecule has 2 rings (SSSR count). The zero-order valence-corrected chi connectivity index (χ0v) is 17.4. The molecule has 1 atom stereocenters. The molecule has 0 aliphatic carbocycles. The van der Waals surface area contributed by atoms with Gasteiger partial charge in [0, 0.05) is 44.6 Å². The van der Waals surface area contributed by atoms with Crippen LogP contribution in [0.1, 0.15) is 53.4 Å². The van der Waals surface area contributed by atoms with Crippen molar-refractivity contribution in [2.45, 2.75) is 53.4 Å². The number of amides is 1. The Hall–Kier alpha value is -0.530. The summed E-state index contributed by atoms with van der Waals surface area (Å²) in [5.41, 5.74) is 0.432. The quantitative estimate of drug-likeness (QED) is 0.406. The maximum Gasteiger partial charge on any atom is 0.220 e. The van der Waals surface area contributed by atoms with Gasteiger partial charge < -0.3 is 15.5 Å². The molecule has 1 amide bonds. The molecule has 0 aromatic rings. The maximum atomic E-state index is 11.6. The van der Waals surface area contributed by atoms with Gasteiger partial charge in [-0.2, -0.15) is 0 Å². The standard InChI is InChI=1S/C17H32N4O.HI/c1-5-18-15(19-9-8-16(2,3)4)21-10-6-7-17(13-21)11-14(22)20-12-17;/h5-13H2,1-4H3,(H,18,19)(H,20,22);1H. The van der Waals surface area contributed by atoms with E-state index in [1.165, 1.54) is 0 Å². The van der Waals surface area contributed by atoms with Crippen molar-refractivity contribution in [1.29, 1.82) is 0 Å². The first-order valence-corrected chi connectivity index (χ1v) is 8.64. The average molecular weight is 436 g/mol. The van der Waals surface area contributed by atoms with Gasteiger partial charge in [-0.3, -0.25) is 9.79 Å². The molecule has 2 heterocycles. The average Bonchev–Trinajstić information content (AvgIpc) is 2.77. The minimum absolute atomic E-state index is 0. The van der Waals surface area contributed by atoms with Gasteiger partial charge >= 0.3 is 0 Å². The molecular formula is C17H33IN4O. The van der Waals surface area contributed by atoms with Gasteiger partial charge in [0.1, 0.15) is 0 Å². The van der Waals surface area contributed by atoms with Gasteiger partial charge in [-0.15, -0.1) is 24.0 Å². The van der Waals surface area contributed by atoms with E-state index in [0.29, 0.717) is 11.8 Å². The zero-order valence-electron chi connectivity index (χ0n) is 15.1. The third-order valence-electron chi connectivity index (χ3n) is 4.62. The van der Waals surface area contributed by atoms with Crippen LogP contribution in [0.4, 0.5) is 0 Å². The van der Waals surface area contributed by atoms with Crippen molar-refractivity contribution in [2.75, 3.05) is 32.7 Å². The van der Waals surface area contributed by atoms with Crippen molar-refractivity contribution in [3.63, 3.8) is 0 Å². The molecule has 2 saturated heterocycles. The van der Waals surface area contributed by atoms with Crippen LogP contribution in [-0.4, -0.2) is 49.5 Å². The zero-order chi connectivity index (χ0) is 16.2. The molecule has 0 radical (unpaired) electrons. The van der Waals surface area contributed by atoms with Crippen molar-refractivity contribution in [2.24, 2.45) is 15.8 Å². The minimum atomic E-state index is 0. The molecule has 0 bridgehead atoms. The first kappa shape index (κ1) is 20.5. The number of hydrogen-bond donors (Lipinski definition) is 2. The fourth-order valence-corrected chi connectivity index (χ4v) is 3.35. The van der Waals surface area contributed by atoms with Gasteiger partial charge in [-0.1, -0.05) is 20.8 Å². The first-order chi connectivity index (χ1) is 10.3. The Balaban J connectivity index is 0.00000264. The van der Waals surface area contributed by atoms with Crippen LogP contribution >= 0.6 is 24.0 Å². The monoisotopic (exact) mass is 436 g/mol. The number of aliphatic imine (C=N–C) groups is 1. The number of rotatable bonds is 3. The Morgan fingerprint density at radius 1 is 1.43 bits per heavy atom. The van der Waals surface area contributed by atoms with Gasteiger partial charge in [0.05, 0.1) is 0 Å². The van der Waals surface area contributed by atoms with Crippen LogP contribution in [0, 0.1) is 10.8 Å². The SMILES string of the molecule is CCNC(=NCCC(C)(C)C)N1CCCC2(CNC(=O)C2)C1.I. The lowest BCUT2D eigenvalue weighted by molar-refractivity contribution is -0.119. The van der Waals surface area contributed by atoms with Gasteiger partial charge in [0.25, 0.3) is 0 Å². The van der Waals surface area contributed by atoms with Crippen molar-refractivity contribution in [1.82, 2.24) is 15.5 Å². The summed E-state index contributed by atoms with van der Waals surface area (Å²) in [6.45, 7) is 13.4. The molecule has 1 unspecified atom stereocenters. The van der Waals surface area contributed by atoms with Crippen LogP contribution in [0.5, 0.6) is 0 Å². The number of carbonyl (C=O) groups is 1. The summed E-state index contributed by atoms with van der Waals surface area (Å²) in [7, 11) is 0. The van der Waals surface area contributed by atoms with Gasteiger partial charge in [0.2, 0.25) is 5.91 Å². The van der Waals surface area contributed by atoms with Crippen LogP contribution in [0.15, 0.2) is 4.99 Å². The van der Waals surface area contributed by atoms with Crippen LogP contribution in [-0.2, 0) is 4.79 Å². The van der Waals surface area contributed by atoms with Crippen molar-refractivity contribution in [3.05, 3.63) is 0 Å². The number of nitrogens with one attached hydrogen (secondary N) is 2. The molecule has 2 aliphatic heterocycles. The van der Waals surface area contributed by atoms with E-state index < -0.39 is 0 Å². The Morgan fingerprint density at radius 3 is 2.74 bits per heavy atom. The molecule has 0 aromatic carbocycles. The highest BCUT2D eigenvalue weighted by atomic mass is 127. The number of nitrogens with zero attached hydrogens (tertiary/aromatic N) is 2. The van der Waals surface area contributed by atoms with E-state index in [1.807, 2.05) is 0 Å². The second kappa shape index (κ2) is 8.53. The molecule has 23 heavy (non-hydrogen) atoms. The molecular weight excluding hydrogens is 403 g/mol. The summed E-state index contributed by atoms with van der Waals surface area (Å²) in [6.07, 6.45) is 4.04. The molecule has 2 aliphatic rings. The topological polar surface area (TPSA) is 56.7 Å². The highest BCUT2D eigenvalue weighted by molar-refractivity contribution is 14.0. The first-order valence-electron chi connectivity index (χ1n) is 8.64. The summed E-state index contributed by atoms with van der Waals surface area (Å²) in [5, 5.41) is 6.44. The van der Waals surface area contributed by atoms with E-state index in [9.17, 15) is 4.79 Å². The van der Waals surface area contributed by atoms with E-state index in [-0.39, 0.29) is 35.3 Å². The number of hydrogen-bond acceptors (Lipinski definition) is 2. The van der Waals surface area contributed by atoms with Gasteiger partial charge in [0.15, 0.2) is 5.96 Å². The number of piperidine rings is 1. The van der Waals surface area contributed by atoms with E-state index in [1.54, 1.807) is 0 Å². The number of likely N-dealkylation sites (tertiary alicyclic amines) is 1. The maximum absolute atomic E-state index is 11.6. The summed E-state index contributed by atoms with van der Waals surface area (Å²) >= 11 is 0. The predicted molar refractivity (Wildman–Crippen MR) is 106 cm³/mol. The summed E-state index contributed by atoms with van der Waals surface area (Å²) in [4.78, 5) is 18.8. The van der Waals surface area contributed by atoms with Crippen LogP contribution in [0.25, 0.3) is 0 Å². The van der Waals surface area contributed by atoms with Crippen molar-refractivity contribution >= 4 is 35.8 Å². The van der Waals surface area contributed by atoms with Crippen LogP contribution in [0.2, 0.25) is 0 Å². The Labute approximate surface area is 158 Å². The van der Waals surface area contributed by atoms with Gasteiger partial charge in [-0.05, 0) is 31.6 Å². The minimum Gasteiger partial charge on any atom is -0.357 e. The lowest BCUT2D eigenvalue weighted by atomic mass is 9.79. The highest BCUT2D eigenvalue weighted by Crippen LogP contribution is 2.36. The van der Waals surface area contributed by atoms with Gasteiger partial charge in [-0.25, -0.2) is 0 Å². The second-order valence-electron chi connectivity index (χ2n) is 8.02. The Kier molecular flexibility index (Phi) is 7.61. The Bertz CT molecular complexity index is 433. The molecule has 2 fully saturated rings. The van der Waals surface area contributed by atoms with E-state index in [0.717, 1.165) is 57.9 Å². The fraction of sp³-hybridized carbons (Fsp3) is 0.882. The van der Waals surface area contributed by atoms with Crippen LogP contribution in [0.3, 0.4) is 0 Å². The third kappa shape index (κ3) is 6.12. The largest absolute Gasteiger partial charge is 0.357 e. The predicted octanol–water partition coefficient (Wildman–Crippen LogP) is 2.61. The molecule has 6 heteroatoms.